The summed E-state index contributed by atoms with van der Waals surface area (Å²) in [5.41, 5.74) is 6.27. The first-order valence-electron chi connectivity index (χ1n) is 6.29. The maximum atomic E-state index is 9.92. The highest BCUT2D eigenvalue weighted by molar-refractivity contribution is 7.99. The molecule has 0 amide bonds. The van der Waals surface area contributed by atoms with E-state index in [2.05, 4.69) is 0 Å². The predicted molar refractivity (Wildman–Crippen MR) is 89.5 cm³/mol. The summed E-state index contributed by atoms with van der Waals surface area (Å²) in [6, 6.07) is 12.4. The van der Waals surface area contributed by atoms with Gasteiger partial charge in [0.2, 0.25) is 0 Å². The number of aliphatic hydroxyl groups is 1. The summed E-state index contributed by atoms with van der Waals surface area (Å²) < 4.78 is 5.49. The Morgan fingerprint density at radius 3 is 2.48 bits per heavy atom. The van der Waals surface area contributed by atoms with Crippen LogP contribution < -0.4 is 10.5 Å². The van der Waals surface area contributed by atoms with Crippen LogP contribution in [0.1, 0.15) is 0 Å². The lowest BCUT2D eigenvalue weighted by Gasteiger charge is -2.12. The van der Waals surface area contributed by atoms with Gasteiger partial charge < -0.3 is 15.6 Å². The number of benzene rings is 2. The highest BCUT2D eigenvalue weighted by atomic mass is 35.5. The molecule has 1 atom stereocenters. The molecule has 0 aliphatic rings. The number of halogens is 2. The first kappa shape index (κ1) is 16.3. The van der Waals surface area contributed by atoms with Crippen LogP contribution >= 0.6 is 35.0 Å². The predicted octanol–water partition coefficient (Wildman–Crippen LogP) is 4.11. The molecule has 0 aromatic heterocycles. The lowest BCUT2D eigenvalue weighted by atomic mass is 10.3. The third-order valence-electron chi connectivity index (χ3n) is 2.66. The van der Waals surface area contributed by atoms with Gasteiger partial charge >= 0.3 is 0 Å². The van der Waals surface area contributed by atoms with Crippen LogP contribution in [0.15, 0.2) is 47.4 Å². The summed E-state index contributed by atoms with van der Waals surface area (Å²) >= 11 is 13.3. The number of ether oxygens (including phenoxy) is 1. The second-order valence-corrected chi connectivity index (χ2v) is 6.33. The third-order valence-corrected chi connectivity index (χ3v) is 4.53. The van der Waals surface area contributed by atoms with Gasteiger partial charge in [-0.3, -0.25) is 0 Å². The SMILES string of the molecule is Nc1ccc(OCC(O)CSc2ccc(Cl)c(Cl)c2)cc1. The summed E-state index contributed by atoms with van der Waals surface area (Å²) in [4.78, 5) is 0.955. The van der Waals surface area contributed by atoms with Gasteiger partial charge in [0, 0.05) is 16.3 Å². The molecule has 2 aromatic rings. The maximum Gasteiger partial charge on any atom is 0.119 e. The van der Waals surface area contributed by atoms with Crippen LogP contribution in [0.3, 0.4) is 0 Å². The molecule has 3 nitrogen and oxygen atoms in total. The van der Waals surface area contributed by atoms with Crippen LogP contribution in [0, 0.1) is 0 Å². The Morgan fingerprint density at radius 2 is 1.81 bits per heavy atom. The third kappa shape index (κ3) is 5.32. The Bertz CT molecular complexity index is 593. The molecule has 0 aliphatic heterocycles. The molecular weight excluding hydrogens is 329 g/mol. The van der Waals surface area contributed by atoms with Crippen LogP contribution in [0.25, 0.3) is 0 Å². The normalized spacial score (nSPS) is 12.1. The number of nitrogens with two attached hydrogens (primary N) is 1. The van der Waals surface area contributed by atoms with Gasteiger partial charge in [0.1, 0.15) is 12.4 Å². The van der Waals surface area contributed by atoms with Crippen molar-refractivity contribution in [2.45, 2.75) is 11.0 Å². The molecule has 1 unspecified atom stereocenters. The highest BCUT2D eigenvalue weighted by Crippen LogP contribution is 2.28. The zero-order valence-corrected chi connectivity index (χ0v) is 13.5. The van der Waals surface area contributed by atoms with Gasteiger partial charge in [-0.25, -0.2) is 0 Å². The lowest BCUT2D eigenvalue weighted by Crippen LogP contribution is -2.20. The summed E-state index contributed by atoms with van der Waals surface area (Å²) in [7, 11) is 0. The van der Waals surface area contributed by atoms with E-state index in [9.17, 15) is 5.11 Å². The maximum absolute atomic E-state index is 9.92. The van der Waals surface area contributed by atoms with Gasteiger partial charge in [-0.1, -0.05) is 23.2 Å². The molecule has 2 aromatic carbocycles. The van der Waals surface area contributed by atoms with Crippen molar-refractivity contribution in [1.29, 1.82) is 0 Å². The van der Waals surface area contributed by atoms with Crippen LogP contribution in [-0.2, 0) is 0 Å². The first-order chi connectivity index (χ1) is 10.0. The van der Waals surface area contributed by atoms with E-state index in [4.69, 9.17) is 33.7 Å². The van der Waals surface area contributed by atoms with Crippen LogP contribution in [0.4, 0.5) is 5.69 Å². The van der Waals surface area contributed by atoms with Crippen LogP contribution in [-0.4, -0.2) is 23.6 Å². The fraction of sp³-hybridized carbons (Fsp3) is 0.200. The molecule has 0 spiro atoms. The number of thioether (sulfide) groups is 1. The standard InChI is InChI=1S/C15H15Cl2NO2S/c16-14-6-5-13(7-15(14)17)21-9-11(19)8-20-12-3-1-10(18)2-4-12/h1-7,11,19H,8-9,18H2. The van der Waals surface area contributed by atoms with Gasteiger partial charge in [0.25, 0.3) is 0 Å². The quantitative estimate of drug-likeness (QED) is 0.612. The van der Waals surface area contributed by atoms with E-state index < -0.39 is 6.10 Å². The van der Waals surface area contributed by atoms with Crippen LogP contribution in [0.5, 0.6) is 5.75 Å². The molecule has 6 heteroatoms. The van der Waals surface area contributed by atoms with E-state index in [1.807, 2.05) is 6.07 Å². The molecule has 0 fully saturated rings. The number of hydrogen-bond donors (Lipinski definition) is 2. The average Bonchev–Trinajstić information content (AvgIpc) is 2.48. The molecular formula is C15H15Cl2NO2S. The molecule has 0 heterocycles. The largest absolute Gasteiger partial charge is 0.491 e. The van der Waals surface area contributed by atoms with E-state index in [-0.39, 0.29) is 6.61 Å². The van der Waals surface area contributed by atoms with E-state index in [0.29, 0.717) is 27.2 Å². The second kappa shape index (κ2) is 7.80. The smallest absolute Gasteiger partial charge is 0.119 e. The highest BCUT2D eigenvalue weighted by Gasteiger charge is 2.07. The Kier molecular flexibility index (Phi) is 6.06. The number of hydrogen-bond acceptors (Lipinski definition) is 4. The molecule has 0 aliphatic carbocycles. The molecule has 112 valence electrons. The van der Waals surface area contributed by atoms with E-state index >= 15 is 0 Å². The van der Waals surface area contributed by atoms with Crippen molar-refractivity contribution in [2.24, 2.45) is 0 Å². The lowest BCUT2D eigenvalue weighted by molar-refractivity contribution is 0.126. The van der Waals surface area contributed by atoms with Crippen molar-refractivity contribution in [2.75, 3.05) is 18.1 Å². The molecule has 0 saturated carbocycles. The number of anilines is 1. The summed E-state index contributed by atoms with van der Waals surface area (Å²) in [6.45, 7) is 0.220. The number of nitrogen functional groups attached to an aromatic ring is 1. The zero-order valence-electron chi connectivity index (χ0n) is 11.1. The summed E-state index contributed by atoms with van der Waals surface area (Å²) in [5.74, 6) is 1.19. The minimum atomic E-state index is -0.581. The summed E-state index contributed by atoms with van der Waals surface area (Å²) in [5, 5.41) is 11.0. The minimum absolute atomic E-state index is 0.220. The Labute approximate surface area is 138 Å². The van der Waals surface area contributed by atoms with Gasteiger partial charge in [0.15, 0.2) is 0 Å². The topological polar surface area (TPSA) is 55.5 Å². The molecule has 2 rings (SSSR count). The van der Waals surface area contributed by atoms with Crippen molar-refractivity contribution in [3.8, 4) is 5.75 Å². The van der Waals surface area contributed by atoms with Crippen molar-refractivity contribution in [3.05, 3.63) is 52.5 Å². The Hall–Kier alpha value is -1.07. The average molecular weight is 344 g/mol. The molecule has 21 heavy (non-hydrogen) atoms. The van der Waals surface area contributed by atoms with E-state index in [1.54, 1.807) is 36.4 Å². The fourth-order valence-corrected chi connectivity index (χ4v) is 2.77. The van der Waals surface area contributed by atoms with Crippen molar-refractivity contribution in [3.63, 3.8) is 0 Å². The van der Waals surface area contributed by atoms with Crippen molar-refractivity contribution in [1.82, 2.24) is 0 Å². The Balaban J connectivity index is 1.77. The van der Waals surface area contributed by atoms with Gasteiger partial charge in [-0.15, -0.1) is 11.8 Å². The number of aliphatic hydroxyl groups excluding tert-OH is 1. The van der Waals surface area contributed by atoms with E-state index in [0.717, 1.165) is 4.90 Å². The van der Waals surface area contributed by atoms with Crippen molar-refractivity contribution >= 4 is 40.7 Å². The Morgan fingerprint density at radius 1 is 1.10 bits per heavy atom. The summed E-state index contributed by atoms with van der Waals surface area (Å²) in [6.07, 6.45) is -0.581. The molecule has 0 saturated heterocycles. The zero-order chi connectivity index (χ0) is 15.2. The molecule has 0 bridgehead atoms. The monoisotopic (exact) mass is 343 g/mol. The number of rotatable bonds is 6. The van der Waals surface area contributed by atoms with Gasteiger partial charge in [-0.2, -0.15) is 0 Å². The van der Waals surface area contributed by atoms with Crippen LogP contribution in [0.2, 0.25) is 10.0 Å². The minimum Gasteiger partial charge on any atom is -0.491 e. The first-order valence-corrected chi connectivity index (χ1v) is 8.03. The van der Waals surface area contributed by atoms with E-state index in [1.165, 1.54) is 11.8 Å². The fourth-order valence-electron chi connectivity index (χ4n) is 1.56. The van der Waals surface area contributed by atoms with Crippen molar-refractivity contribution < 1.29 is 9.84 Å². The van der Waals surface area contributed by atoms with Gasteiger partial charge in [0.05, 0.1) is 16.1 Å². The molecule has 0 radical (unpaired) electrons. The second-order valence-electron chi connectivity index (χ2n) is 4.42. The van der Waals surface area contributed by atoms with Gasteiger partial charge in [-0.05, 0) is 42.5 Å². The molecule has 3 N–H and O–H groups in total.